The van der Waals surface area contributed by atoms with Crippen LogP contribution in [0.15, 0.2) is 133 Å². The molecule has 5 rings (SSSR count). The van der Waals surface area contributed by atoms with Gasteiger partial charge in [-0.1, -0.05) is 91.0 Å². The highest BCUT2D eigenvalue weighted by atomic mass is 16.2. The molecule has 0 bridgehead atoms. The van der Waals surface area contributed by atoms with Gasteiger partial charge >= 0.3 is 0 Å². The molecule has 0 heterocycles. The average Bonchev–Trinajstić information content (AvgIpc) is 2.95. The minimum Gasteiger partial charge on any atom is -0.322 e. The predicted octanol–water partition coefficient (Wildman–Crippen LogP) is 7.53. The van der Waals surface area contributed by atoms with Crippen molar-refractivity contribution in [3.8, 4) is 22.3 Å². The summed E-state index contributed by atoms with van der Waals surface area (Å²) < 4.78 is 0. The Balaban J connectivity index is 1.24. The Kier molecular flexibility index (Phi) is 6.68. The maximum absolute atomic E-state index is 12.8. The van der Waals surface area contributed by atoms with Crippen molar-refractivity contribution in [2.75, 3.05) is 10.6 Å². The summed E-state index contributed by atoms with van der Waals surface area (Å²) in [6.45, 7) is 0. The van der Waals surface area contributed by atoms with Crippen molar-refractivity contribution in [1.82, 2.24) is 0 Å². The van der Waals surface area contributed by atoms with Crippen LogP contribution in [0, 0.1) is 0 Å². The summed E-state index contributed by atoms with van der Waals surface area (Å²) in [6.07, 6.45) is 0. The van der Waals surface area contributed by atoms with Crippen molar-refractivity contribution in [1.29, 1.82) is 0 Å². The van der Waals surface area contributed by atoms with Crippen molar-refractivity contribution in [2.24, 2.45) is 0 Å². The Morgan fingerprint density at radius 2 is 0.750 bits per heavy atom. The highest BCUT2D eigenvalue weighted by molar-refractivity contribution is 6.08. The van der Waals surface area contributed by atoms with Gasteiger partial charge in [0.05, 0.1) is 0 Å². The maximum Gasteiger partial charge on any atom is 0.255 e. The van der Waals surface area contributed by atoms with Crippen LogP contribution in [0.5, 0.6) is 0 Å². The number of carbonyl (C=O) groups excluding carboxylic acids is 2. The SMILES string of the molecule is O=C(Nc1ccc(-c2ccccc2)cc1)c1cccc(C(=O)Nc2ccc(-c3ccccc3)cc2)c1. The Morgan fingerprint density at radius 1 is 0.389 bits per heavy atom. The smallest absolute Gasteiger partial charge is 0.255 e. The van der Waals surface area contributed by atoms with Crippen LogP contribution in [-0.2, 0) is 0 Å². The van der Waals surface area contributed by atoms with E-state index in [1.165, 1.54) is 0 Å². The Labute approximate surface area is 210 Å². The van der Waals surface area contributed by atoms with E-state index < -0.39 is 0 Å². The number of carbonyl (C=O) groups is 2. The topological polar surface area (TPSA) is 58.2 Å². The Morgan fingerprint density at radius 3 is 1.14 bits per heavy atom. The molecule has 174 valence electrons. The van der Waals surface area contributed by atoms with E-state index >= 15 is 0 Å². The first-order valence-corrected chi connectivity index (χ1v) is 11.7. The first-order chi connectivity index (χ1) is 17.7. The minimum atomic E-state index is -0.274. The van der Waals surface area contributed by atoms with Gasteiger partial charge in [-0.3, -0.25) is 9.59 Å². The molecule has 4 nitrogen and oxygen atoms in total. The van der Waals surface area contributed by atoms with E-state index in [-0.39, 0.29) is 11.8 Å². The molecular weight excluding hydrogens is 444 g/mol. The minimum absolute atomic E-state index is 0.274. The van der Waals surface area contributed by atoms with Crippen molar-refractivity contribution in [2.45, 2.75) is 0 Å². The molecular formula is C32H24N2O2. The quantitative estimate of drug-likeness (QED) is 0.271. The lowest BCUT2D eigenvalue weighted by atomic mass is 10.1. The summed E-state index contributed by atoms with van der Waals surface area (Å²) in [5, 5.41) is 5.81. The molecule has 0 saturated carbocycles. The molecule has 0 atom stereocenters. The lowest BCUT2D eigenvalue weighted by molar-refractivity contribution is 0.102. The largest absolute Gasteiger partial charge is 0.322 e. The highest BCUT2D eigenvalue weighted by Gasteiger charge is 2.12. The summed E-state index contributed by atoms with van der Waals surface area (Å²) in [6, 6.07) is 42.2. The van der Waals surface area contributed by atoms with E-state index in [9.17, 15) is 9.59 Å². The van der Waals surface area contributed by atoms with E-state index in [1.54, 1.807) is 24.3 Å². The van der Waals surface area contributed by atoms with Crippen molar-refractivity contribution in [3.05, 3.63) is 145 Å². The molecule has 0 saturated heterocycles. The zero-order valence-corrected chi connectivity index (χ0v) is 19.5. The van der Waals surface area contributed by atoms with Gasteiger partial charge in [0, 0.05) is 22.5 Å². The van der Waals surface area contributed by atoms with Crippen LogP contribution in [0.2, 0.25) is 0 Å². The monoisotopic (exact) mass is 468 g/mol. The molecule has 5 aromatic carbocycles. The fraction of sp³-hybridized carbons (Fsp3) is 0. The normalized spacial score (nSPS) is 10.4. The summed E-state index contributed by atoms with van der Waals surface area (Å²) in [5.41, 5.74) is 6.57. The molecule has 0 aromatic heterocycles. The van der Waals surface area contributed by atoms with Gasteiger partial charge in [0.1, 0.15) is 0 Å². The first-order valence-electron chi connectivity index (χ1n) is 11.7. The number of hydrogen-bond donors (Lipinski definition) is 2. The van der Waals surface area contributed by atoms with Gasteiger partial charge in [0.25, 0.3) is 11.8 Å². The molecule has 4 heteroatoms. The fourth-order valence-corrected chi connectivity index (χ4v) is 3.96. The second-order valence-electron chi connectivity index (χ2n) is 8.38. The number of amides is 2. The second-order valence-corrected chi connectivity index (χ2v) is 8.38. The predicted molar refractivity (Wildman–Crippen MR) is 146 cm³/mol. The third-order valence-corrected chi connectivity index (χ3v) is 5.89. The second kappa shape index (κ2) is 10.5. The van der Waals surface area contributed by atoms with Gasteiger partial charge in [-0.15, -0.1) is 0 Å². The maximum atomic E-state index is 12.8. The Hall–Kier alpha value is -4.96. The van der Waals surface area contributed by atoms with E-state index in [2.05, 4.69) is 10.6 Å². The van der Waals surface area contributed by atoms with Crippen LogP contribution in [0.4, 0.5) is 11.4 Å². The molecule has 2 amide bonds. The lowest BCUT2D eigenvalue weighted by Crippen LogP contribution is -2.15. The number of benzene rings is 5. The van der Waals surface area contributed by atoms with Gasteiger partial charge in [-0.2, -0.15) is 0 Å². The third kappa shape index (κ3) is 5.40. The average molecular weight is 469 g/mol. The zero-order valence-electron chi connectivity index (χ0n) is 19.5. The van der Waals surface area contributed by atoms with Crippen LogP contribution >= 0.6 is 0 Å². The summed E-state index contributed by atoms with van der Waals surface area (Å²) >= 11 is 0. The standard InChI is InChI=1S/C32H24N2O2/c35-31(33-29-18-14-25(15-19-29)23-8-3-1-4-9-23)27-12-7-13-28(22-27)32(36)34-30-20-16-26(17-21-30)24-10-5-2-6-11-24/h1-22H,(H,33,35)(H,34,36). The molecule has 0 aliphatic carbocycles. The van der Waals surface area contributed by atoms with E-state index in [0.29, 0.717) is 22.5 Å². The molecule has 0 radical (unpaired) electrons. The van der Waals surface area contributed by atoms with Crippen LogP contribution < -0.4 is 10.6 Å². The molecule has 36 heavy (non-hydrogen) atoms. The van der Waals surface area contributed by atoms with Gasteiger partial charge in [-0.05, 0) is 64.7 Å². The molecule has 0 spiro atoms. The van der Waals surface area contributed by atoms with E-state index in [1.807, 2.05) is 109 Å². The van der Waals surface area contributed by atoms with Gasteiger partial charge in [0.15, 0.2) is 0 Å². The van der Waals surface area contributed by atoms with Crippen molar-refractivity contribution >= 4 is 23.2 Å². The summed E-state index contributed by atoms with van der Waals surface area (Å²) in [5.74, 6) is -0.548. The molecule has 0 fully saturated rings. The van der Waals surface area contributed by atoms with Gasteiger partial charge in [0.2, 0.25) is 0 Å². The van der Waals surface area contributed by atoms with Gasteiger partial charge in [-0.25, -0.2) is 0 Å². The van der Waals surface area contributed by atoms with Crippen molar-refractivity contribution in [3.63, 3.8) is 0 Å². The fourth-order valence-electron chi connectivity index (χ4n) is 3.96. The molecule has 0 aliphatic heterocycles. The number of hydrogen-bond acceptors (Lipinski definition) is 2. The van der Waals surface area contributed by atoms with Crippen LogP contribution in [0.3, 0.4) is 0 Å². The van der Waals surface area contributed by atoms with Crippen LogP contribution in [0.25, 0.3) is 22.3 Å². The first kappa shape index (κ1) is 22.8. The van der Waals surface area contributed by atoms with Crippen LogP contribution in [0.1, 0.15) is 20.7 Å². The van der Waals surface area contributed by atoms with Crippen molar-refractivity contribution < 1.29 is 9.59 Å². The number of nitrogens with one attached hydrogen (secondary N) is 2. The number of anilines is 2. The molecule has 0 unspecified atom stereocenters. The summed E-state index contributed by atoms with van der Waals surface area (Å²) in [7, 11) is 0. The molecule has 0 aliphatic rings. The highest BCUT2D eigenvalue weighted by Crippen LogP contribution is 2.23. The van der Waals surface area contributed by atoms with Gasteiger partial charge < -0.3 is 10.6 Å². The zero-order chi connectivity index (χ0) is 24.7. The van der Waals surface area contributed by atoms with Crippen LogP contribution in [-0.4, -0.2) is 11.8 Å². The van der Waals surface area contributed by atoms with E-state index in [4.69, 9.17) is 0 Å². The molecule has 5 aromatic rings. The third-order valence-electron chi connectivity index (χ3n) is 5.89. The lowest BCUT2D eigenvalue weighted by Gasteiger charge is -2.09. The Bertz CT molecular complexity index is 1370. The molecule has 2 N–H and O–H groups in total. The van der Waals surface area contributed by atoms with E-state index in [0.717, 1.165) is 22.3 Å². The number of rotatable bonds is 6. The summed E-state index contributed by atoms with van der Waals surface area (Å²) in [4.78, 5) is 25.7.